The second-order valence-corrected chi connectivity index (χ2v) is 7.44. The van der Waals surface area contributed by atoms with Gasteiger partial charge in [-0.1, -0.05) is 0 Å². The topological polar surface area (TPSA) is 76.8 Å². The predicted molar refractivity (Wildman–Crippen MR) is 102 cm³/mol. The molecule has 0 N–H and O–H groups in total. The maximum absolute atomic E-state index is 13.1. The number of hydrogen-bond donors (Lipinski definition) is 0. The fourth-order valence-corrected chi connectivity index (χ4v) is 3.52. The van der Waals surface area contributed by atoms with Crippen molar-refractivity contribution in [1.29, 1.82) is 0 Å². The highest BCUT2D eigenvalue weighted by atomic mass is 35.5. The summed E-state index contributed by atoms with van der Waals surface area (Å²) in [6.07, 6.45) is -0.157. The minimum absolute atomic E-state index is 0.0200. The summed E-state index contributed by atoms with van der Waals surface area (Å²) in [5.41, 5.74) is 1.11. The molecule has 4 rings (SSSR count). The number of amides is 1. The van der Waals surface area contributed by atoms with Crippen LogP contribution in [0.5, 0.6) is 0 Å². The van der Waals surface area contributed by atoms with Gasteiger partial charge >= 0.3 is 6.18 Å². The second kappa shape index (κ2) is 7.35. The molecule has 4 heterocycles. The van der Waals surface area contributed by atoms with Crippen LogP contribution in [0.2, 0.25) is 5.28 Å². The van der Waals surface area contributed by atoms with E-state index in [9.17, 15) is 18.0 Å². The molecule has 0 radical (unpaired) electrons. The second-order valence-electron chi connectivity index (χ2n) is 7.10. The number of pyridine rings is 1. The Morgan fingerprint density at radius 3 is 2.77 bits per heavy atom. The number of halogens is 4. The molecule has 30 heavy (non-hydrogen) atoms. The van der Waals surface area contributed by atoms with E-state index in [1.165, 1.54) is 11.0 Å². The molecule has 0 saturated heterocycles. The molecule has 0 bridgehead atoms. The first kappa shape index (κ1) is 20.3. The van der Waals surface area contributed by atoms with Crippen LogP contribution in [-0.4, -0.2) is 41.4 Å². The van der Waals surface area contributed by atoms with Crippen molar-refractivity contribution in [2.45, 2.75) is 39.2 Å². The molecule has 1 aliphatic heterocycles. The van der Waals surface area contributed by atoms with Gasteiger partial charge in [-0.15, -0.1) is 0 Å². The lowest BCUT2D eigenvalue weighted by atomic mass is 10.1. The zero-order chi connectivity index (χ0) is 21.6. The SMILES string of the molecule is Cc1cnc(Cl)nc1-c1cn2c(n1)C(=O)N(Cc1ccnc(C(F)(F)F)c1)C(C)C2. The highest BCUT2D eigenvalue weighted by molar-refractivity contribution is 6.28. The third kappa shape index (κ3) is 3.74. The van der Waals surface area contributed by atoms with Crippen LogP contribution < -0.4 is 0 Å². The number of alkyl halides is 3. The van der Waals surface area contributed by atoms with E-state index in [0.29, 0.717) is 23.5 Å². The first-order valence-electron chi connectivity index (χ1n) is 9.03. The Kier molecular flexibility index (Phi) is 4.97. The van der Waals surface area contributed by atoms with E-state index < -0.39 is 11.9 Å². The van der Waals surface area contributed by atoms with Crippen molar-refractivity contribution in [3.63, 3.8) is 0 Å². The minimum Gasteiger partial charge on any atom is -0.327 e. The molecule has 0 aliphatic carbocycles. The van der Waals surface area contributed by atoms with Gasteiger partial charge < -0.3 is 9.47 Å². The molecular formula is C19H16ClF3N6O. The number of fused-ring (bicyclic) bond motifs is 1. The van der Waals surface area contributed by atoms with Gasteiger partial charge in [0.1, 0.15) is 11.4 Å². The molecule has 1 amide bonds. The third-order valence-corrected chi connectivity index (χ3v) is 5.06. The van der Waals surface area contributed by atoms with E-state index in [2.05, 4.69) is 19.9 Å². The van der Waals surface area contributed by atoms with Gasteiger partial charge in [0.15, 0.2) is 5.82 Å². The molecule has 0 spiro atoms. The third-order valence-electron chi connectivity index (χ3n) is 4.87. The molecule has 1 atom stereocenters. The summed E-state index contributed by atoms with van der Waals surface area (Å²) in [6, 6.07) is 2.18. The van der Waals surface area contributed by atoms with Gasteiger partial charge in [-0.25, -0.2) is 15.0 Å². The smallest absolute Gasteiger partial charge is 0.327 e. The number of aryl methyl sites for hydroxylation is 1. The Bertz CT molecular complexity index is 1130. The van der Waals surface area contributed by atoms with Crippen LogP contribution in [0.1, 0.15) is 34.4 Å². The Hall–Kier alpha value is -3.01. The molecule has 1 aliphatic rings. The lowest BCUT2D eigenvalue weighted by Gasteiger charge is -2.33. The molecular weight excluding hydrogens is 421 g/mol. The van der Waals surface area contributed by atoms with Gasteiger partial charge in [0.05, 0.1) is 5.69 Å². The van der Waals surface area contributed by atoms with Crippen LogP contribution in [0.15, 0.2) is 30.7 Å². The van der Waals surface area contributed by atoms with Gasteiger partial charge in [0.25, 0.3) is 5.91 Å². The quantitative estimate of drug-likeness (QED) is 0.584. The number of aromatic nitrogens is 5. The van der Waals surface area contributed by atoms with Crippen molar-refractivity contribution >= 4 is 17.5 Å². The van der Waals surface area contributed by atoms with Crippen molar-refractivity contribution in [1.82, 2.24) is 29.4 Å². The van der Waals surface area contributed by atoms with E-state index in [0.717, 1.165) is 17.8 Å². The van der Waals surface area contributed by atoms with Crippen molar-refractivity contribution in [2.75, 3.05) is 0 Å². The van der Waals surface area contributed by atoms with Gasteiger partial charge in [-0.3, -0.25) is 9.78 Å². The van der Waals surface area contributed by atoms with Gasteiger partial charge in [0.2, 0.25) is 5.28 Å². The van der Waals surface area contributed by atoms with Crippen LogP contribution >= 0.6 is 11.6 Å². The fourth-order valence-electron chi connectivity index (χ4n) is 3.38. The number of hydrogen-bond acceptors (Lipinski definition) is 5. The van der Waals surface area contributed by atoms with Crippen molar-refractivity contribution in [3.05, 3.63) is 58.7 Å². The molecule has 0 saturated carbocycles. The zero-order valence-electron chi connectivity index (χ0n) is 16.0. The van der Waals surface area contributed by atoms with Crippen LogP contribution in [0, 0.1) is 6.92 Å². The van der Waals surface area contributed by atoms with Crippen molar-refractivity contribution < 1.29 is 18.0 Å². The molecule has 1 unspecified atom stereocenters. The lowest BCUT2D eigenvalue weighted by Crippen LogP contribution is -2.46. The maximum atomic E-state index is 13.1. The van der Waals surface area contributed by atoms with E-state index in [1.807, 2.05) is 13.8 Å². The normalized spacial score (nSPS) is 16.7. The number of rotatable bonds is 3. The highest BCUT2D eigenvalue weighted by Crippen LogP contribution is 2.29. The van der Waals surface area contributed by atoms with E-state index in [4.69, 9.17) is 11.6 Å². The summed E-state index contributed by atoms with van der Waals surface area (Å²) in [4.78, 5) is 30.4. The number of carbonyl (C=O) groups is 1. The monoisotopic (exact) mass is 436 g/mol. The molecule has 3 aromatic heterocycles. The Labute approximate surface area is 174 Å². The summed E-state index contributed by atoms with van der Waals surface area (Å²) in [5.74, 6) is -0.175. The Morgan fingerprint density at radius 1 is 1.27 bits per heavy atom. The van der Waals surface area contributed by atoms with Crippen LogP contribution in [-0.2, 0) is 19.3 Å². The predicted octanol–water partition coefficient (Wildman–Crippen LogP) is 3.76. The van der Waals surface area contributed by atoms with Crippen LogP contribution in [0.3, 0.4) is 0 Å². The standard InChI is InChI=1S/C19H16ClF3N6O/c1-10-6-25-18(20)27-15(10)13-9-28-7-11(2)29(17(30)16(28)26-13)8-12-3-4-24-14(5-12)19(21,22)23/h3-6,9,11H,7-8H2,1-2H3. The number of carbonyl (C=O) groups excluding carboxylic acids is 1. The zero-order valence-corrected chi connectivity index (χ0v) is 16.7. The Balaban J connectivity index is 1.64. The molecule has 0 aromatic carbocycles. The number of imidazole rings is 1. The van der Waals surface area contributed by atoms with E-state index >= 15 is 0 Å². The largest absolute Gasteiger partial charge is 0.433 e. The van der Waals surface area contributed by atoms with Gasteiger partial charge in [0, 0.05) is 37.7 Å². The van der Waals surface area contributed by atoms with Gasteiger partial charge in [-0.05, 0) is 48.7 Å². The molecule has 0 fully saturated rings. The summed E-state index contributed by atoms with van der Waals surface area (Å²) < 4.78 is 40.6. The fraction of sp³-hybridized carbons (Fsp3) is 0.316. The average molecular weight is 437 g/mol. The minimum atomic E-state index is -4.55. The summed E-state index contributed by atoms with van der Waals surface area (Å²) in [5, 5.41) is 0.0704. The van der Waals surface area contributed by atoms with Crippen LogP contribution in [0.4, 0.5) is 13.2 Å². The summed E-state index contributed by atoms with van der Waals surface area (Å²) >= 11 is 5.89. The summed E-state index contributed by atoms with van der Waals surface area (Å²) in [6.45, 7) is 4.11. The Morgan fingerprint density at radius 2 is 2.03 bits per heavy atom. The summed E-state index contributed by atoms with van der Waals surface area (Å²) in [7, 11) is 0. The van der Waals surface area contributed by atoms with Crippen molar-refractivity contribution in [3.8, 4) is 11.4 Å². The highest BCUT2D eigenvalue weighted by Gasteiger charge is 2.35. The van der Waals surface area contributed by atoms with E-state index in [1.54, 1.807) is 17.0 Å². The number of nitrogens with zero attached hydrogens (tertiary/aromatic N) is 6. The van der Waals surface area contributed by atoms with Gasteiger partial charge in [-0.2, -0.15) is 13.2 Å². The van der Waals surface area contributed by atoms with E-state index in [-0.39, 0.29) is 29.6 Å². The lowest BCUT2D eigenvalue weighted by molar-refractivity contribution is -0.141. The molecule has 156 valence electrons. The first-order chi connectivity index (χ1) is 14.1. The molecule has 7 nitrogen and oxygen atoms in total. The average Bonchev–Trinajstić information content (AvgIpc) is 3.10. The van der Waals surface area contributed by atoms with Crippen molar-refractivity contribution in [2.24, 2.45) is 0 Å². The van der Waals surface area contributed by atoms with Crippen LogP contribution in [0.25, 0.3) is 11.4 Å². The maximum Gasteiger partial charge on any atom is 0.433 e. The molecule has 11 heteroatoms. The molecule has 3 aromatic rings. The first-order valence-corrected chi connectivity index (χ1v) is 9.41.